The van der Waals surface area contributed by atoms with Gasteiger partial charge in [-0.25, -0.2) is 0 Å². The molecule has 3 rings (SSSR count). The van der Waals surface area contributed by atoms with Crippen LogP contribution in [-0.4, -0.2) is 0 Å². The van der Waals surface area contributed by atoms with Crippen LogP contribution in [-0.2, 0) is 6.42 Å². The van der Waals surface area contributed by atoms with Crippen molar-refractivity contribution in [3.05, 3.63) is 64.2 Å². The third-order valence-electron chi connectivity index (χ3n) is 3.56. The van der Waals surface area contributed by atoms with Crippen molar-refractivity contribution in [2.45, 2.75) is 18.9 Å². The first-order valence-corrected chi connectivity index (χ1v) is 6.70. The maximum atomic E-state index is 8.87. The Kier molecular flexibility index (Phi) is 3.15. The van der Waals surface area contributed by atoms with Gasteiger partial charge in [-0.3, -0.25) is 0 Å². The van der Waals surface area contributed by atoms with E-state index in [4.69, 9.17) is 16.9 Å². The smallest absolute Gasteiger partial charge is 0.101 e. The molecule has 1 atom stereocenters. The highest BCUT2D eigenvalue weighted by molar-refractivity contribution is 6.32. The molecule has 0 aromatic heterocycles. The summed E-state index contributed by atoms with van der Waals surface area (Å²) >= 11 is 6.05. The van der Waals surface area contributed by atoms with Crippen LogP contribution in [0.25, 0.3) is 0 Å². The van der Waals surface area contributed by atoms with E-state index in [1.165, 1.54) is 11.1 Å². The first-order chi connectivity index (χ1) is 9.28. The Morgan fingerprint density at radius 3 is 2.84 bits per heavy atom. The van der Waals surface area contributed by atoms with Crippen molar-refractivity contribution >= 4 is 17.3 Å². The molecule has 0 amide bonds. The predicted octanol–water partition coefficient (Wildman–Crippen LogP) is 4.31. The van der Waals surface area contributed by atoms with E-state index >= 15 is 0 Å². The van der Waals surface area contributed by atoms with Crippen molar-refractivity contribution in [3.8, 4) is 6.07 Å². The first kappa shape index (κ1) is 12.1. The highest BCUT2D eigenvalue weighted by Crippen LogP contribution is 2.34. The molecule has 0 saturated carbocycles. The molecule has 2 nitrogen and oxygen atoms in total. The van der Waals surface area contributed by atoms with E-state index < -0.39 is 0 Å². The summed E-state index contributed by atoms with van der Waals surface area (Å²) in [6, 6.07) is 16.4. The fourth-order valence-corrected chi connectivity index (χ4v) is 2.83. The van der Waals surface area contributed by atoms with Crippen LogP contribution < -0.4 is 5.32 Å². The van der Waals surface area contributed by atoms with Crippen molar-refractivity contribution in [1.29, 1.82) is 5.26 Å². The Morgan fingerprint density at radius 1 is 1.21 bits per heavy atom. The minimum Gasteiger partial charge on any atom is -0.378 e. The monoisotopic (exact) mass is 268 g/mol. The lowest BCUT2D eigenvalue weighted by atomic mass is 10.1. The maximum Gasteiger partial charge on any atom is 0.101 e. The minimum absolute atomic E-state index is 0.334. The average molecular weight is 269 g/mol. The van der Waals surface area contributed by atoms with E-state index in [2.05, 4.69) is 35.7 Å². The summed E-state index contributed by atoms with van der Waals surface area (Å²) in [5.74, 6) is 0. The molecule has 0 fully saturated rings. The third-order valence-corrected chi connectivity index (χ3v) is 3.88. The molecule has 0 aliphatic heterocycles. The summed E-state index contributed by atoms with van der Waals surface area (Å²) in [6.07, 6.45) is 2.20. The maximum absolute atomic E-state index is 8.87. The molecular formula is C16H13ClN2. The summed E-state index contributed by atoms with van der Waals surface area (Å²) in [6.45, 7) is 0. The summed E-state index contributed by atoms with van der Waals surface area (Å²) in [5, 5.41) is 12.9. The summed E-state index contributed by atoms with van der Waals surface area (Å²) in [7, 11) is 0. The topological polar surface area (TPSA) is 35.8 Å². The Bertz CT molecular complexity index is 658. The Balaban J connectivity index is 1.84. The summed E-state index contributed by atoms with van der Waals surface area (Å²) in [4.78, 5) is 0. The van der Waals surface area contributed by atoms with E-state index in [0.717, 1.165) is 18.5 Å². The Morgan fingerprint density at radius 2 is 2.05 bits per heavy atom. The fraction of sp³-hybridized carbons (Fsp3) is 0.188. The molecule has 1 unspecified atom stereocenters. The number of nitriles is 1. The van der Waals surface area contributed by atoms with Crippen molar-refractivity contribution < 1.29 is 0 Å². The number of hydrogen-bond donors (Lipinski definition) is 1. The molecule has 19 heavy (non-hydrogen) atoms. The van der Waals surface area contributed by atoms with Gasteiger partial charge in [-0.05, 0) is 42.2 Å². The molecule has 0 bridgehead atoms. The lowest BCUT2D eigenvalue weighted by Crippen LogP contribution is -2.06. The zero-order valence-electron chi connectivity index (χ0n) is 10.4. The van der Waals surface area contributed by atoms with Crippen LogP contribution in [0.5, 0.6) is 0 Å². The standard InChI is InChI=1S/C16H13ClN2/c17-15-9-13(7-5-12(15)10-18)19-16-8-6-11-3-1-2-4-14(11)16/h1-5,7,9,16,19H,6,8H2. The predicted molar refractivity (Wildman–Crippen MR) is 77.3 cm³/mol. The van der Waals surface area contributed by atoms with Gasteiger partial charge >= 0.3 is 0 Å². The fourth-order valence-electron chi connectivity index (χ4n) is 2.60. The number of rotatable bonds is 2. The van der Waals surface area contributed by atoms with Gasteiger partial charge in [0.2, 0.25) is 0 Å². The van der Waals surface area contributed by atoms with E-state index in [1.54, 1.807) is 6.07 Å². The SMILES string of the molecule is N#Cc1ccc(NC2CCc3ccccc32)cc1Cl. The second-order valence-electron chi connectivity index (χ2n) is 4.74. The summed E-state index contributed by atoms with van der Waals surface area (Å²) in [5.41, 5.74) is 4.26. The van der Waals surface area contributed by atoms with E-state index in [9.17, 15) is 0 Å². The molecule has 2 aromatic carbocycles. The van der Waals surface area contributed by atoms with Crippen LogP contribution in [0.1, 0.15) is 29.2 Å². The highest BCUT2D eigenvalue weighted by atomic mass is 35.5. The molecule has 3 heteroatoms. The van der Waals surface area contributed by atoms with Gasteiger partial charge in [0.05, 0.1) is 16.6 Å². The van der Waals surface area contributed by atoms with Crippen molar-refractivity contribution in [2.75, 3.05) is 5.32 Å². The number of anilines is 1. The molecule has 0 radical (unpaired) electrons. The lowest BCUT2D eigenvalue weighted by molar-refractivity contribution is 0.762. The van der Waals surface area contributed by atoms with Gasteiger partial charge in [-0.15, -0.1) is 0 Å². The highest BCUT2D eigenvalue weighted by Gasteiger charge is 2.21. The number of nitrogens with one attached hydrogen (secondary N) is 1. The second kappa shape index (κ2) is 4.95. The molecule has 0 spiro atoms. The largest absolute Gasteiger partial charge is 0.378 e. The second-order valence-corrected chi connectivity index (χ2v) is 5.15. The van der Waals surface area contributed by atoms with Gasteiger partial charge in [0, 0.05) is 5.69 Å². The summed E-state index contributed by atoms with van der Waals surface area (Å²) < 4.78 is 0. The molecule has 2 aromatic rings. The zero-order valence-corrected chi connectivity index (χ0v) is 11.1. The minimum atomic E-state index is 0.334. The van der Waals surface area contributed by atoms with Crippen LogP contribution in [0.3, 0.4) is 0 Å². The number of aryl methyl sites for hydroxylation is 1. The average Bonchev–Trinajstić information content (AvgIpc) is 2.83. The third kappa shape index (κ3) is 2.30. The number of fused-ring (bicyclic) bond motifs is 1. The zero-order chi connectivity index (χ0) is 13.2. The number of benzene rings is 2. The number of halogens is 1. The van der Waals surface area contributed by atoms with Gasteiger partial charge in [0.15, 0.2) is 0 Å². The van der Waals surface area contributed by atoms with Crippen molar-refractivity contribution in [3.63, 3.8) is 0 Å². The molecule has 1 aliphatic rings. The van der Waals surface area contributed by atoms with Crippen LogP contribution in [0.2, 0.25) is 5.02 Å². The van der Waals surface area contributed by atoms with Gasteiger partial charge in [-0.1, -0.05) is 35.9 Å². The van der Waals surface area contributed by atoms with Crippen LogP contribution in [0, 0.1) is 11.3 Å². The molecule has 0 saturated heterocycles. The number of nitrogens with zero attached hydrogens (tertiary/aromatic N) is 1. The quantitative estimate of drug-likeness (QED) is 0.881. The van der Waals surface area contributed by atoms with Crippen molar-refractivity contribution in [2.24, 2.45) is 0 Å². The van der Waals surface area contributed by atoms with Crippen LogP contribution >= 0.6 is 11.6 Å². The Labute approximate surface area is 117 Å². The molecule has 0 heterocycles. The van der Waals surface area contributed by atoms with Gasteiger partial charge in [-0.2, -0.15) is 5.26 Å². The van der Waals surface area contributed by atoms with Crippen molar-refractivity contribution in [1.82, 2.24) is 0 Å². The number of hydrogen-bond acceptors (Lipinski definition) is 2. The molecule has 94 valence electrons. The van der Waals surface area contributed by atoms with Crippen LogP contribution in [0.4, 0.5) is 5.69 Å². The van der Waals surface area contributed by atoms with E-state index in [1.807, 2.05) is 12.1 Å². The van der Waals surface area contributed by atoms with Crippen LogP contribution in [0.15, 0.2) is 42.5 Å². The molecule has 1 N–H and O–H groups in total. The van der Waals surface area contributed by atoms with Gasteiger partial charge < -0.3 is 5.32 Å². The first-order valence-electron chi connectivity index (χ1n) is 6.32. The van der Waals surface area contributed by atoms with Gasteiger partial charge in [0.1, 0.15) is 6.07 Å². The van der Waals surface area contributed by atoms with Gasteiger partial charge in [0.25, 0.3) is 0 Å². The molecule has 1 aliphatic carbocycles. The molecular weight excluding hydrogens is 256 g/mol. The Hall–Kier alpha value is -1.98. The van der Waals surface area contributed by atoms with E-state index in [0.29, 0.717) is 16.6 Å². The lowest BCUT2D eigenvalue weighted by Gasteiger charge is -2.16. The van der Waals surface area contributed by atoms with E-state index in [-0.39, 0.29) is 0 Å². The normalized spacial score (nSPS) is 16.7.